The molecule has 1 aliphatic carbocycles. The highest BCUT2D eigenvalue weighted by Gasteiger charge is 2.42. The minimum absolute atomic E-state index is 0. The first-order valence-electron chi connectivity index (χ1n) is 8.59. The van der Waals surface area contributed by atoms with Crippen LogP contribution < -0.4 is 5.32 Å². The summed E-state index contributed by atoms with van der Waals surface area (Å²) in [7, 11) is 2.14. The predicted octanol–water partition coefficient (Wildman–Crippen LogP) is 3.38. The van der Waals surface area contributed by atoms with E-state index in [0.29, 0.717) is 0 Å². The fourth-order valence-corrected chi connectivity index (χ4v) is 4.91. The van der Waals surface area contributed by atoms with Crippen LogP contribution in [0, 0.1) is 0 Å². The Bertz CT molecular complexity index is 639. The van der Waals surface area contributed by atoms with Crippen LogP contribution in [0.4, 0.5) is 0 Å². The Morgan fingerprint density at radius 1 is 1.33 bits per heavy atom. The Balaban J connectivity index is 0.00000169. The van der Waals surface area contributed by atoms with Crippen molar-refractivity contribution in [3.05, 3.63) is 34.1 Å². The predicted molar refractivity (Wildman–Crippen MR) is 98.0 cm³/mol. The molecule has 1 N–H and O–H groups in total. The number of aromatic nitrogens is 2. The van der Waals surface area contributed by atoms with Gasteiger partial charge in [-0.1, -0.05) is 30.5 Å². The van der Waals surface area contributed by atoms with Crippen molar-refractivity contribution in [1.82, 2.24) is 20.4 Å². The van der Waals surface area contributed by atoms with E-state index in [1.54, 1.807) is 0 Å². The molecule has 5 nitrogen and oxygen atoms in total. The minimum atomic E-state index is -0.0572. The second-order valence-corrected chi connectivity index (χ2v) is 7.73. The van der Waals surface area contributed by atoms with Crippen LogP contribution in [0.3, 0.4) is 0 Å². The second-order valence-electron chi connectivity index (χ2n) is 6.78. The van der Waals surface area contributed by atoms with Crippen LogP contribution in [-0.2, 0) is 5.41 Å². The molecule has 3 heterocycles. The van der Waals surface area contributed by atoms with Gasteiger partial charge in [-0.15, -0.1) is 23.7 Å². The third-order valence-electron chi connectivity index (χ3n) is 5.36. The maximum atomic E-state index is 5.82. The molecular formula is C17H25ClN4OS. The Hall–Kier alpha value is -0.950. The third-order valence-corrected chi connectivity index (χ3v) is 6.43. The van der Waals surface area contributed by atoms with Gasteiger partial charge >= 0.3 is 0 Å². The van der Waals surface area contributed by atoms with E-state index in [0.717, 1.165) is 44.2 Å². The number of nitrogens with zero attached hydrogens (tertiary/aromatic N) is 3. The molecule has 2 aliphatic rings. The molecule has 0 bridgehead atoms. The van der Waals surface area contributed by atoms with Crippen molar-refractivity contribution in [2.75, 3.05) is 26.7 Å². The van der Waals surface area contributed by atoms with Gasteiger partial charge in [0.05, 0.1) is 11.5 Å². The van der Waals surface area contributed by atoms with E-state index in [4.69, 9.17) is 9.51 Å². The summed E-state index contributed by atoms with van der Waals surface area (Å²) in [4.78, 5) is 8.57. The van der Waals surface area contributed by atoms with Crippen molar-refractivity contribution in [3.63, 3.8) is 0 Å². The average molecular weight is 369 g/mol. The molecule has 2 fully saturated rings. The zero-order chi connectivity index (χ0) is 15.7. The number of hydrogen-bond acceptors (Lipinski definition) is 6. The summed E-state index contributed by atoms with van der Waals surface area (Å²) < 4.78 is 5.82. The Morgan fingerprint density at radius 3 is 2.88 bits per heavy atom. The molecule has 0 radical (unpaired) electrons. The molecule has 1 saturated heterocycles. The largest absolute Gasteiger partial charge is 0.338 e. The lowest BCUT2D eigenvalue weighted by atomic mass is 9.73. The average Bonchev–Trinajstić information content (AvgIpc) is 3.28. The minimum Gasteiger partial charge on any atom is -0.338 e. The van der Waals surface area contributed by atoms with Gasteiger partial charge < -0.3 is 9.84 Å². The van der Waals surface area contributed by atoms with Gasteiger partial charge in [-0.2, -0.15) is 4.98 Å². The Kier molecular flexibility index (Phi) is 5.59. The Morgan fingerprint density at radius 2 is 2.17 bits per heavy atom. The van der Waals surface area contributed by atoms with Crippen molar-refractivity contribution in [3.8, 4) is 0 Å². The van der Waals surface area contributed by atoms with E-state index in [1.807, 2.05) is 11.3 Å². The third kappa shape index (κ3) is 3.12. The topological polar surface area (TPSA) is 54.2 Å². The molecule has 0 aromatic carbocycles. The molecule has 2 aromatic heterocycles. The summed E-state index contributed by atoms with van der Waals surface area (Å²) >= 11 is 1.82. The van der Waals surface area contributed by atoms with Crippen LogP contribution in [0.1, 0.15) is 54.7 Å². The molecule has 0 amide bonds. The second kappa shape index (κ2) is 7.52. The van der Waals surface area contributed by atoms with E-state index in [2.05, 4.69) is 39.9 Å². The lowest BCUT2D eigenvalue weighted by molar-refractivity contribution is 0.189. The van der Waals surface area contributed by atoms with E-state index in [1.165, 1.54) is 24.1 Å². The molecule has 4 rings (SSSR count). The number of rotatable bonds is 3. The summed E-state index contributed by atoms with van der Waals surface area (Å²) in [6, 6.07) is 4.57. The van der Waals surface area contributed by atoms with Crippen LogP contribution in [0.5, 0.6) is 0 Å². The normalized spacial score (nSPS) is 24.5. The van der Waals surface area contributed by atoms with Gasteiger partial charge in [0.15, 0.2) is 5.82 Å². The first-order valence-corrected chi connectivity index (χ1v) is 9.47. The molecular weight excluding hydrogens is 344 g/mol. The quantitative estimate of drug-likeness (QED) is 0.900. The summed E-state index contributed by atoms with van der Waals surface area (Å²) in [5.74, 6) is 1.66. The van der Waals surface area contributed by atoms with E-state index in [-0.39, 0.29) is 23.9 Å². The highest BCUT2D eigenvalue weighted by atomic mass is 35.5. The molecule has 1 saturated carbocycles. The maximum Gasteiger partial charge on any atom is 0.238 e. The highest BCUT2D eigenvalue weighted by Crippen LogP contribution is 2.46. The number of halogens is 1. The van der Waals surface area contributed by atoms with Gasteiger partial charge in [0, 0.05) is 24.5 Å². The zero-order valence-corrected chi connectivity index (χ0v) is 15.7. The first kappa shape index (κ1) is 17.9. The Labute approximate surface area is 153 Å². The fraction of sp³-hybridized carbons (Fsp3) is 0.647. The van der Waals surface area contributed by atoms with Gasteiger partial charge in [0.2, 0.25) is 5.89 Å². The maximum absolute atomic E-state index is 5.82. The molecule has 24 heavy (non-hydrogen) atoms. The number of likely N-dealkylation sites (N-methyl/N-ethyl adjacent to an activating group) is 1. The van der Waals surface area contributed by atoms with Crippen LogP contribution in [0.15, 0.2) is 22.0 Å². The van der Waals surface area contributed by atoms with Gasteiger partial charge in [-0.25, -0.2) is 0 Å². The van der Waals surface area contributed by atoms with E-state index < -0.39 is 0 Å². The molecule has 2 aromatic rings. The molecule has 1 aliphatic heterocycles. The SMILES string of the molecule is CN1CCNCC1c1noc(C2(c3cccs3)CCCCC2)n1.Cl. The van der Waals surface area contributed by atoms with E-state index in [9.17, 15) is 0 Å². The van der Waals surface area contributed by atoms with Crippen molar-refractivity contribution in [2.45, 2.75) is 43.6 Å². The van der Waals surface area contributed by atoms with Crippen molar-refractivity contribution >= 4 is 23.7 Å². The van der Waals surface area contributed by atoms with Gasteiger partial charge in [-0.3, -0.25) is 4.90 Å². The number of nitrogens with one attached hydrogen (secondary N) is 1. The standard InChI is InChI=1S/C17H24N4OS.ClH/c1-21-10-9-18-12-13(21)15-19-16(22-20-15)17(7-3-2-4-8-17)14-6-5-11-23-14;/h5-6,11,13,18H,2-4,7-10,12H2,1H3;1H. The van der Waals surface area contributed by atoms with Gasteiger partial charge in [0.1, 0.15) is 0 Å². The lowest BCUT2D eigenvalue weighted by Gasteiger charge is -2.33. The summed E-state index contributed by atoms with van der Waals surface area (Å²) in [6.45, 7) is 2.93. The summed E-state index contributed by atoms with van der Waals surface area (Å²) in [5, 5.41) is 9.94. The number of hydrogen-bond donors (Lipinski definition) is 1. The molecule has 7 heteroatoms. The fourth-order valence-electron chi connectivity index (χ4n) is 3.93. The van der Waals surface area contributed by atoms with Gasteiger partial charge in [-0.05, 0) is 31.3 Å². The monoisotopic (exact) mass is 368 g/mol. The number of piperazine rings is 1. The highest BCUT2D eigenvalue weighted by molar-refractivity contribution is 7.10. The smallest absolute Gasteiger partial charge is 0.238 e. The molecule has 0 spiro atoms. The summed E-state index contributed by atoms with van der Waals surface area (Å²) in [5.41, 5.74) is -0.0572. The summed E-state index contributed by atoms with van der Waals surface area (Å²) in [6.07, 6.45) is 6.02. The van der Waals surface area contributed by atoms with Crippen LogP contribution in [0.2, 0.25) is 0 Å². The van der Waals surface area contributed by atoms with Crippen LogP contribution in [0.25, 0.3) is 0 Å². The zero-order valence-electron chi connectivity index (χ0n) is 14.0. The lowest BCUT2D eigenvalue weighted by Crippen LogP contribution is -2.44. The van der Waals surface area contributed by atoms with Crippen LogP contribution in [-0.4, -0.2) is 41.7 Å². The van der Waals surface area contributed by atoms with Crippen LogP contribution >= 0.6 is 23.7 Å². The first-order chi connectivity index (χ1) is 11.3. The van der Waals surface area contributed by atoms with Crippen molar-refractivity contribution < 1.29 is 4.52 Å². The van der Waals surface area contributed by atoms with E-state index >= 15 is 0 Å². The van der Waals surface area contributed by atoms with Crippen molar-refractivity contribution in [2.24, 2.45) is 0 Å². The van der Waals surface area contributed by atoms with Gasteiger partial charge in [0.25, 0.3) is 0 Å². The molecule has 132 valence electrons. The number of thiophene rings is 1. The molecule has 1 atom stereocenters. The molecule has 1 unspecified atom stereocenters. The van der Waals surface area contributed by atoms with Crippen molar-refractivity contribution in [1.29, 1.82) is 0 Å².